The minimum atomic E-state index is -0.598. The average Bonchev–Trinajstić information content (AvgIpc) is 3.09. The smallest absolute Gasteiger partial charge is 0.274 e. The van der Waals surface area contributed by atoms with E-state index in [1.807, 2.05) is 11.9 Å². The number of aromatic nitrogens is 3. The summed E-state index contributed by atoms with van der Waals surface area (Å²) >= 11 is 0. The molecule has 0 saturated carbocycles. The number of hydrogen-bond donors (Lipinski definition) is 1. The van der Waals surface area contributed by atoms with E-state index in [0.29, 0.717) is 29.7 Å². The van der Waals surface area contributed by atoms with Gasteiger partial charge in [0.15, 0.2) is 0 Å². The summed E-state index contributed by atoms with van der Waals surface area (Å²) in [5, 5.41) is 7.50. The van der Waals surface area contributed by atoms with E-state index < -0.39 is 11.7 Å². The lowest BCUT2D eigenvalue weighted by Gasteiger charge is -2.32. The minimum absolute atomic E-state index is 0.0181. The molecule has 1 aliphatic heterocycles. The molecule has 1 N–H and O–H groups in total. The van der Waals surface area contributed by atoms with Crippen LogP contribution in [0.25, 0.3) is 10.9 Å². The summed E-state index contributed by atoms with van der Waals surface area (Å²) in [6.07, 6.45) is 1.68. The Morgan fingerprint density at radius 1 is 1.17 bits per heavy atom. The monoisotopic (exact) mass is 410 g/mol. The lowest BCUT2D eigenvalue weighted by Crippen LogP contribution is -2.48. The number of fused-ring (bicyclic) bond motifs is 1. The van der Waals surface area contributed by atoms with Crippen LogP contribution < -0.4 is 5.32 Å². The number of pyridine rings is 1. The quantitative estimate of drug-likeness (QED) is 0.710. The molecule has 2 aromatic heterocycles. The first-order valence-corrected chi connectivity index (χ1v) is 9.77. The van der Waals surface area contributed by atoms with Gasteiger partial charge in [0.2, 0.25) is 5.91 Å². The second-order valence-corrected chi connectivity index (χ2v) is 7.52. The van der Waals surface area contributed by atoms with E-state index in [1.165, 1.54) is 16.8 Å². The molecule has 1 aromatic carbocycles. The average molecular weight is 410 g/mol. The molecule has 0 unspecified atom stereocenters. The van der Waals surface area contributed by atoms with E-state index in [1.54, 1.807) is 31.3 Å². The molecule has 0 atom stereocenters. The van der Waals surface area contributed by atoms with Crippen LogP contribution >= 0.6 is 0 Å². The largest absolute Gasteiger partial charge is 0.339 e. The van der Waals surface area contributed by atoms with Gasteiger partial charge in [-0.1, -0.05) is 6.07 Å². The Morgan fingerprint density at radius 3 is 2.67 bits per heavy atom. The van der Waals surface area contributed by atoms with Gasteiger partial charge < -0.3 is 15.1 Å². The van der Waals surface area contributed by atoms with E-state index in [4.69, 9.17) is 0 Å². The predicted octanol–water partition coefficient (Wildman–Crippen LogP) is 1.91. The second kappa shape index (κ2) is 8.19. The number of piperazine rings is 1. The van der Waals surface area contributed by atoms with Crippen LogP contribution in [0.3, 0.4) is 0 Å². The first-order chi connectivity index (χ1) is 14.4. The highest BCUT2D eigenvalue weighted by Crippen LogP contribution is 2.23. The lowest BCUT2D eigenvalue weighted by atomic mass is 10.2. The molecule has 156 valence electrons. The fourth-order valence-corrected chi connectivity index (χ4v) is 3.42. The molecule has 30 heavy (non-hydrogen) atoms. The molecule has 1 aliphatic rings. The van der Waals surface area contributed by atoms with E-state index in [-0.39, 0.29) is 23.8 Å². The number of carbonyl (C=O) groups excluding carboxylic acids is 2. The number of halogens is 1. The first-order valence-electron chi connectivity index (χ1n) is 9.77. The van der Waals surface area contributed by atoms with E-state index >= 15 is 0 Å². The lowest BCUT2D eigenvalue weighted by molar-refractivity contribution is -0.133. The van der Waals surface area contributed by atoms with Crippen molar-refractivity contribution in [3.05, 3.63) is 53.7 Å². The fourth-order valence-electron chi connectivity index (χ4n) is 3.42. The van der Waals surface area contributed by atoms with Crippen molar-refractivity contribution in [2.75, 3.05) is 38.5 Å². The molecule has 8 nitrogen and oxygen atoms in total. The Hall–Kier alpha value is -3.33. The van der Waals surface area contributed by atoms with Crippen molar-refractivity contribution in [1.29, 1.82) is 0 Å². The second-order valence-electron chi connectivity index (χ2n) is 7.52. The number of benzene rings is 1. The molecular weight excluding hydrogens is 387 g/mol. The van der Waals surface area contributed by atoms with Crippen molar-refractivity contribution in [1.82, 2.24) is 24.6 Å². The van der Waals surface area contributed by atoms with Crippen LogP contribution in [0.2, 0.25) is 0 Å². The van der Waals surface area contributed by atoms with Gasteiger partial charge in [-0.3, -0.25) is 14.3 Å². The Labute approximate surface area is 173 Å². The topological polar surface area (TPSA) is 83.4 Å². The SMILES string of the molecule is Cc1cccc(C(=O)Nc2cc3cn(CC(=O)N4CCN(C)CC4)nc3cc2F)n1. The summed E-state index contributed by atoms with van der Waals surface area (Å²) in [7, 11) is 2.03. The molecule has 2 amide bonds. The van der Waals surface area contributed by atoms with Gasteiger partial charge in [-0.05, 0) is 32.2 Å². The van der Waals surface area contributed by atoms with Crippen molar-refractivity contribution in [3.8, 4) is 0 Å². The fraction of sp³-hybridized carbons (Fsp3) is 0.333. The van der Waals surface area contributed by atoms with Gasteiger partial charge in [0.05, 0.1) is 11.2 Å². The number of rotatable bonds is 4. The Morgan fingerprint density at radius 2 is 1.93 bits per heavy atom. The Kier molecular flexibility index (Phi) is 5.45. The van der Waals surface area contributed by atoms with Gasteiger partial charge >= 0.3 is 0 Å². The third kappa shape index (κ3) is 4.30. The molecule has 0 bridgehead atoms. The van der Waals surface area contributed by atoms with Crippen LogP contribution in [0.1, 0.15) is 16.2 Å². The molecule has 0 spiro atoms. The zero-order chi connectivity index (χ0) is 21.3. The van der Waals surface area contributed by atoms with Crippen LogP contribution in [0.4, 0.5) is 10.1 Å². The molecular formula is C21H23FN6O2. The van der Waals surface area contributed by atoms with Gasteiger partial charge in [-0.15, -0.1) is 0 Å². The minimum Gasteiger partial charge on any atom is -0.339 e. The van der Waals surface area contributed by atoms with Gasteiger partial charge in [0.25, 0.3) is 5.91 Å². The Balaban J connectivity index is 1.50. The number of aryl methyl sites for hydroxylation is 1. The van der Waals surface area contributed by atoms with Gasteiger partial charge in [0, 0.05) is 49.5 Å². The number of carbonyl (C=O) groups is 2. The molecule has 3 aromatic rings. The number of anilines is 1. The highest BCUT2D eigenvalue weighted by molar-refractivity contribution is 6.03. The third-order valence-electron chi connectivity index (χ3n) is 5.16. The Bertz CT molecular complexity index is 1100. The number of hydrogen-bond acceptors (Lipinski definition) is 5. The van der Waals surface area contributed by atoms with Crippen LogP contribution in [0.5, 0.6) is 0 Å². The van der Waals surface area contributed by atoms with Gasteiger partial charge in [-0.2, -0.15) is 5.10 Å². The molecule has 1 saturated heterocycles. The molecule has 4 rings (SSSR count). The zero-order valence-electron chi connectivity index (χ0n) is 16.9. The number of amides is 2. The van der Waals surface area contributed by atoms with Crippen molar-refractivity contribution in [3.63, 3.8) is 0 Å². The van der Waals surface area contributed by atoms with E-state index in [2.05, 4.69) is 20.3 Å². The summed E-state index contributed by atoms with van der Waals surface area (Å²) in [4.78, 5) is 33.1. The molecule has 0 radical (unpaired) electrons. The summed E-state index contributed by atoms with van der Waals surface area (Å²) in [5.41, 5.74) is 1.37. The van der Waals surface area contributed by atoms with Crippen LogP contribution in [-0.4, -0.2) is 69.6 Å². The first kappa shape index (κ1) is 20.0. The summed E-state index contributed by atoms with van der Waals surface area (Å²) < 4.78 is 16.0. The van der Waals surface area contributed by atoms with E-state index in [0.717, 1.165) is 13.1 Å². The highest BCUT2D eigenvalue weighted by Gasteiger charge is 2.20. The van der Waals surface area contributed by atoms with Crippen molar-refractivity contribution >= 4 is 28.4 Å². The molecule has 9 heteroatoms. The normalized spacial score (nSPS) is 14.8. The van der Waals surface area contributed by atoms with Crippen molar-refractivity contribution in [2.24, 2.45) is 0 Å². The highest BCUT2D eigenvalue weighted by atomic mass is 19.1. The van der Waals surface area contributed by atoms with Crippen LogP contribution in [0, 0.1) is 12.7 Å². The number of nitrogens with zero attached hydrogens (tertiary/aromatic N) is 5. The van der Waals surface area contributed by atoms with Crippen molar-refractivity contribution < 1.29 is 14.0 Å². The maximum Gasteiger partial charge on any atom is 0.274 e. The maximum atomic E-state index is 14.5. The van der Waals surface area contributed by atoms with Gasteiger partial charge in [0.1, 0.15) is 18.1 Å². The summed E-state index contributed by atoms with van der Waals surface area (Å²) in [5.74, 6) is -1.11. The van der Waals surface area contributed by atoms with Crippen LogP contribution in [0.15, 0.2) is 36.5 Å². The van der Waals surface area contributed by atoms with Crippen LogP contribution in [-0.2, 0) is 11.3 Å². The third-order valence-corrected chi connectivity index (χ3v) is 5.16. The zero-order valence-corrected chi connectivity index (χ0v) is 16.9. The predicted molar refractivity (Wildman–Crippen MR) is 111 cm³/mol. The van der Waals surface area contributed by atoms with Crippen molar-refractivity contribution in [2.45, 2.75) is 13.5 Å². The molecule has 0 aliphatic carbocycles. The summed E-state index contributed by atoms with van der Waals surface area (Å²) in [6, 6.07) is 7.84. The molecule has 3 heterocycles. The maximum absolute atomic E-state index is 14.5. The molecule has 1 fully saturated rings. The summed E-state index contributed by atoms with van der Waals surface area (Å²) in [6.45, 7) is 4.94. The number of likely N-dealkylation sites (N-methyl/N-ethyl adjacent to an activating group) is 1. The number of nitrogens with one attached hydrogen (secondary N) is 1. The van der Waals surface area contributed by atoms with Gasteiger partial charge in [-0.25, -0.2) is 9.37 Å². The van der Waals surface area contributed by atoms with E-state index in [9.17, 15) is 14.0 Å². The standard InChI is InChI=1S/C21H23FN6O2/c1-14-4-3-5-17(23-14)21(30)24-19-10-15-12-28(25-18(15)11-16(19)22)13-20(29)27-8-6-26(2)7-9-27/h3-5,10-12H,6-9,13H2,1-2H3,(H,24,30).